The molecule has 2 aromatic rings. The van der Waals surface area contributed by atoms with Crippen molar-refractivity contribution >= 4 is 18.3 Å². The fraction of sp³-hybridized carbons (Fsp3) is 0.438. The third-order valence-electron chi connectivity index (χ3n) is 3.87. The second-order valence-corrected chi connectivity index (χ2v) is 5.75. The maximum absolute atomic E-state index is 13.2. The monoisotopic (exact) mass is 354 g/mol. The van der Waals surface area contributed by atoms with E-state index in [0.717, 1.165) is 19.4 Å². The van der Waals surface area contributed by atoms with E-state index in [0.29, 0.717) is 23.7 Å². The van der Waals surface area contributed by atoms with E-state index in [1.807, 2.05) is 0 Å². The molecule has 2 atom stereocenters. The molecule has 1 saturated heterocycles. The second kappa shape index (κ2) is 8.21. The van der Waals surface area contributed by atoms with Gasteiger partial charge in [-0.2, -0.15) is 4.98 Å². The normalized spacial score (nSPS) is 18.0. The number of amides is 1. The molecular weight excluding hydrogens is 335 g/mol. The summed E-state index contributed by atoms with van der Waals surface area (Å²) in [7, 11) is 0. The van der Waals surface area contributed by atoms with E-state index in [1.54, 1.807) is 19.1 Å². The Bertz CT molecular complexity index is 688. The highest BCUT2D eigenvalue weighted by Gasteiger charge is 2.21. The average molecular weight is 355 g/mol. The number of hydrogen-bond donors (Lipinski definition) is 2. The Morgan fingerprint density at radius 3 is 3.08 bits per heavy atom. The molecule has 6 nitrogen and oxygen atoms in total. The number of nitrogens with one attached hydrogen (secondary N) is 2. The lowest BCUT2D eigenvalue weighted by Gasteiger charge is -2.13. The molecule has 1 fully saturated rings. The standard InChI is InChI=1S/C16H19FN4O2.ClH/c1-10(19-14(22)9-13-6-3-7-18-13)16-20-15(21-23-16)11-4-2-5-12(17)8-11;/h2,4-5,8,10,13,18H,3,6-7,9H2,1H3,(H,19,22);1H. The maximum Gasteiger partial charge on any atom is 0.249 e. The predicted octanol–water partition coefficient (Wildman–Crippen LogP) is 2.62. The zero-order valence-corrected chi connectivity index (χ0v) is 14.1. The van der Waals surface area contributed by atoms with Crippen molar-refractivity contribution in [1.29, 1.82) is 0 Å². The molecule has 1 amide bonds. The summed E-state index contributed by atoms with van der Waals surface area (Å²) >= 11 is 0. The summed E-state index contributed by atoms with van der Waals surface area (Å²) in [5.41, 5.74) is 0.536. The summed E-state index contributed by atoms with van der Waals surface area (Å²) in [5.74, 6) is 0.191. The lowest BCUT2D eigenvalue weighted by atomic mass is 10.1. The number of benzene rings is 1. The van der Waals surface area contributed by atoms with Crippen LogP contribution in [0, 0.1) is 5.82 Å². The summed E-state index contributed by atoms with van der Waals surface area (Å²) < 4.78 is 18.4. The molecular formula is C16H20ClFN4O2. The SMILES string of the molecule is CC(NC(=O)CC1CCCN1)c1nc(-c2cccc(F)c2)no1.Cl. The van der Waals surface area contributed by atoms with Gasteiger partial charge in [-0.05, 0) is 38.4 Å². The summed E-state index contributed by atoms with van der Waals surface area (Å²) in [6.45, 7) is 2.75. The molecule has 1 aliphatic heterocycles. The van der Waals surface area contributed by atoms with Gasteiger partial charge in [-0.1, -0.05) is 17.3 Å². The highest BCUT2D eigenvalue weighted by atomic mass is 35.5. The summed E-state index contributed by atoms with van der Waals surface area (Å²) in [6, 6.07) is 5.83. The molecule has 0 radical (unpaired) electrons. The van der Waals surface area contributed by atoms with E-state index >= 15 is 0 Å². The van der Waals surface area contributed by atoms with Crippen molar-refractivity contribution in [3.05, 3.63) is 36.0 Å². The highest BCUT2D eigenvalue weighted by molar-refractivity contribution is 5.85. The third-order valence-corrected chi connectivity index (χ3v) is 3.87. The van der Waals surface area contributed by atoms with E-state index in [-0.39, 0.29) is 30.2 Å². The first-order valence-corrected chi connectivity index (χ1v) is 7.74. The van der Waals surface area contributed by atoms with Crippen molar-refractivity contribution in [2.75, 3.05) is 6.54 Å². The van der Waals surface area contributed by atoms with Gasteiger partial charge in [0.25, 0.3) is 0 Å². The Morgan fingerprint density at radius 2 is 2.38 bits per heavy atom. The van der Waals surface area contributed by atoms with Crippen LogP contribution in [-0.2, 0) is 4.79 Å². The first kappa shape index (κ1) is 18.4. The number of aromatic nitrogens is 2. The van der Waals surface area contributed by atoms with Gasteiger partial charge in [-0.3, -0.25) is 4.79 Å². The van der Waals surface area contributed by atoms with Crippen LogP contribution in [0.1, 0.15) is 38.1 Å². The number of halogens is 2. The van der Waals surface area contributed by atoms with E-state index in [2.05, 4.69) is 20.8 Å². The van der Waals surface area contributed by atoms with Gasteiger partial charge < -0.3 is 15.2 Å². The van der Waals surface area contributed by atoms with Crippen molar-refractivity contribution in [2.24, 2.45) is 0 Å². The number of carbonyl (C=O) groups excluding carboxylic acids is 1. The highest BCUT2D eigenvalue weighted by Crippen LogP contribution is 2.19. The van der Waals surface area contributed by atoms with E-state index in [1.165, 1.54) is 12.1 Å². The minimum atomic E-state index is -0.390. The summed E-state index contributed by atoms with van der Waals surface area (Å²) in [4.78, 5) is 16.2. The van der Waals surface area contributed by atoms with Gasteiger partial charge in [-0.25, -0.2) is 4.39 Å². The van der Waals surface area contributed by atoms with Gasteiger partial charge in [0.05, 0.1) is 0 Å². The quantitative estimate of drug-likeness (QED) is 0.862. The molecule has 3 rings (SSSR count). The van der Waals surface area contributed by atoms with Gasteiger partial charge in [0.2, 0.25) is 17.6 Å². The fourth-order valence-corrected chi connectivity index (χ4v) is 2.67. The largest absolute Gasteiger partial charge is 0.345 e. The maximum atomic E-state index is 13.2. The van der Waals surface area contributed by atoms with Gasteiger partial charge in [-0.15, -0.1) is 12.4 Å². The van der Waals surface area contributed by atoms with E-state index in [9.17, 15) is 9.18 Å². The molecule has 1 aliphatic rings. The van der Waals surface area contributed by atoms with Crippen LogP contribution in [0.3, 0.4) is 0 Å². The zero-order chi connectivity index (χ0) is 16.2. The molecule has 2 N–H and O–H groups in total. The summed E-state index contributed by atoms with van der Waals surface area (Å²) in [5, 5.41) is 9.98. The lowest BCUT2D eigenvalue weighted by molar-refractivity contribution is -0.122. The van der Waals surface area contributed by atoms with Crippen LogP contribution in [0.4, 0.5) is 4.39 Å². The fourth-order valence-electron chi connectivity index (χ4n) is 2.67. The smallest absolute Gasteiger partial charge is 0.249 e. The Hall–Kier alpha value is -1.99. The van der Waals surface area contributed by atoms with Crippen LogP contribution >= 0.6 is 12.4 Å². The van der Waals surface area contributed by atoms with Crippen molar-refractivity contribution in [3.8, 4) is 11.4 Å². The van der Waals surface area contributed by atoms with Crippen LogP contribution in [0.15, 0.2) is 28.8 Å². The Balaban J connectivity index is 0.00000208. The molecule has 0 bridgehead atoms. The molecule has 1 aromatic heterocycles. The minimum absolute atomic E-state index is 0. The summed E-state index contributed by atoms with van der Waals surface area (Å²) in [6.07, 6.45) is 2.56. The van der Waals surface area contributed by atoms with E-state index in [4.69, 9.17) is 4.52 Å². The topological polar surface area (TPSA) is 80.0 Å². The first-order valence-electron chi connectivity index (χ1n) is 7.74. The molecule has 0 spiro atoms. The van der Waals surface area contributed by atoms with Gasteiger partial charge in [0.15, 0.2) is 0 Å². The molecule has 2 unspecified atom stereocenters. The number of carbonyl (C=O) groups is 1. The molecule has 24 heavy (non-hydrogen) atoms. The number of nitrogens with zero attached hydrogens (tertiary/aromatic N) is 2. The van der Waals surface area contributed by atoms with Crippen LogP contribution in [0.2, 0.25) is 0 Å². The molecule has 2 heterocycles. The molecule has 1 aromatic carbocycles. The third kappa shape index (κ3) is 4.52. The van der Waals surface area contributed by atoms with E-state index < -0.39 is 6.04 Å². The van der Waals surface area contributed by atoms with Crippen molar-refractivity contribution in [2.45, 2.75) is 38.3 Å². The Labute approximate surface area is 145 Å². The lowest BCUT2D eigenvalue weighted by Crippen LogP contribution is -2.33. The van der Waals surface area contributed by atoms with Gasteiger partial charge >= 0.3 is 0 Å². The van der Waals surface area contributed by atoms with Crippen LogP contribution in [0.5, 0.6) is 0 Å². The second-order valence-electron chi connectivity index (χ2n) is 5.75. The molecule has 130 valence electrons. The average Bonchev–Trinajstić information content (AvgIpc) is 3.18. The first-order chi connectivity index (χ1) is 11.1. The number of rotatable bonds is 5. The van der Waals surface area contributed by atoms with Crippen LogP contribution in [0.25, 0.3) is 11.4 Å². The van der Waals surface area contributed by atoms with Crippen LogP contribution < -0.4 is 10.6 Å². The Kier molecular flexibility index (Phi) is 6.28. The molecule has 0 aliphatic carbocycles. The molecule has 8 heteroatoms. The Morgan fingerprint density at radius 1 is 1.54 bits per heavy atom. The molecule has 0 saturated carbocycles. The predicted molar refractivity (Wildman–Crippen MR) is 89.1 cm³/mol. The number of hydrogen-bond acceptors (Lipinski definition) is 5. The van der Waals surface area contributed by atoms with Crippen molar-refractivity contribution in [3.63, 3.8) is 0 Å². The zero-order valence-electron chi connectivity index (χ0n) is 13.3. The van der Waals surface area contributed by atoms with Crippen molar-refractivity contribution in [1.82, 2.24) is 20.8 Å². The van der Waals surface area contributed by atoms with Gasteiger partial charge in [0, 0.05) is 18.0 Å². The van der Waals surface area contributed by atoms with Crippen molar-refractivity contribution < 1.29 is 13.7 Å². The van der Waals surface area contributed by atoms with Crippen LogP contribution in [-0.4, -0.2) is 28.6 Å². The minimum Gasteiger partial charge on any atom is -0.345 e. The van der Waals surface area contributed by atoms with Gasteiger partial charge in [0.1, 0.15) is 11.9 Å².